The molecule has 0 aliphatic heterocycles. The Morgan fingerprint density at radius 3 is 2.00 bits per heavy atom. The minimum Gasteiger partial charge on any atom is -0.454 e. The van der Waals surface area contributed by atoms with E-state index >= 15 is 0 Å². The molecule has 0 spiro atoms. The molecule has 3 aromatic carbocycles. The minimum atomic E-state index is -4.50. The van der Waals surface area contributed by atoms with Crippen LogP contribution in [-0.2, 0) is 12.6 Å². The molecule has 6 heteroatoms. The van der Waals surface area contributed by atoms with Crippen LogP contribution in [0, 0.1) is 23.5 Å². The molecular weight excluding hydrogens is 483 g/mol. The molecule has 0 saturated heterocycles. The number of benzene rings is 3. The lowest BCUT2D eigenvalue weighted by atomic mass is 9.78. The average Bonchev–Trinajstić information content (AvgIpc) is 2.90. The van der Waals surface area contributed by atoms with E-state index in [2.05, 4.69) is 6.92 Å². The van der Waals surface area contributed by atoms with Gasteiger partial charge < -0.3 is 4.74 Å². The van der Waals surface area contributed by atoms with Crippen LogP contribution in [0.5, 0.6) is 11.5 Å². The van der Waals surface area contributed by atoms with Gasteiger partial charge in [-0.3, -0.25) is 0 Å². The van der Waals surface area contributed by atoms with E-state index in [1.807, 2.05) is 24.3 Å². The molecule has 1 aliphatic rings. The summed E-state index contributed by atoms with van der Waals surface area (Å²) in [6.07, 6.45) is 6.84. The van der Waals surface area contributed by atoms with Crippen LogP contribution in [0.4, 0.5) is 22.0 Å². The van der Waals surface area contributed by atoms with Crippen molar-refractivity contribution < 1.29 is 26.7 Å². The van der Waals surface area contributed by atoms with Gasteiger partial charge in [-0.25, -0.2) is 4.39 Å². The van der Waals surface area contributed by atoms with Crippen molar-refractivity contribution in [1.82, 2.24) is 0 Å². The van der Waals surface area contributed by atoms with Crippen LogP contribution in [0.25, 0.3) is 11.1 Å². The standard InChI is InChI=1S/C31H33F5O/c1-2-3-4-21-5-7-22(8-6-21)9-10-23-11-13-24(14-12-23)27-19-20-28(32)29(33)30(27)37-26-17-15-25(16-18-26)31(34,35)36/h11-22H,2-10H2,1H3/t21-,22-. The number of aryl methyl sites for hydroxylation is 1. The molecular formula is C31H33F5O. The van der Waals surface area contributed by atoms with E-state index < -0.39 is 23.4 Å². The van der Waals surface area contributed by atoms with Crippen molar-refractivity contribution in [3.8, 4) is 22.6 Å². The van der Waals surface area contributed by atoms with Gasteiger partial charge in [-0.2, -0.15) is 17.6 Å². The van der Waals surface area contributed by atoms with E-state index in [1.54, 1.807) is 0 Å². The number of halogens is 5. The number of hydrogen-bond acceptors (Lipinski definition) is 1. The lowest BCUT2D eigenvalue weighted by Gasteiger charge is -2.28. The SMILES string of the molecule is CCCC[C@H]1CC[C@H](CCc2ccc(-c3ccc(F)c(F)c3Oc3ccc(C(F)(F)F)cc3)cc2)CC1. The van der Waals surface area contributed by atoms with Crippen LogP contribution < -0.4 is 4.74 Å². The molecule has 0 N–H and O–H groups in total. The summed E-state index contributed by atoms with van der Waals surface area (Å²) in [6.45, 7) is 2.25. The summed E-state index contributed by atoms with van der Waals surface area (Å²) >= 11 is 0. The number of ether oxygens (including phenoxy) is 1. The number of unbranched alkanes of at least 4 members (excludes halogenated alkanes) is 1. The maximum atomic E-state index is 14.7. The Bertz CT molecular complexity index is 1140. The van der Waals surface area contributed by atoms with Crippen LogP contribution in [0.15, 0.2) is 60.7 Å². The summed E-state index contributed by atoms with van der Waals surface area (Å²) in [5.74, 6) is -0.993. The van der Waals surface area contributed by atoms with Gasteiger partial charge in [0.2, 0.25) is 5.82 Å². The largest absolute Gasteiger partial charge is 0.454 e. The van der Waals surface area contributed by atoms with Gasteiger partial charge in [0.05, 0.1) is 5.56 Å². The third kappa shape index (κ3) is 7.12. The second-order valence-electron chi connectivity index (χ2n) is 10.1. The zero-order chi connectivity index (χ0) is 26.4. The van der Waals surface area contributed by atoms with Gasteiger partial charge in [0.25, 0.3) is 0 Å². The van der Waals surface area contributed by atoms with Gasteiger partial charge >= 0.3 is 6.18 Å². The van der Waals surface area contributed by atoms with Crippen molar-refractivity contribution >= 4 is 0 Å². The number of hydrogen-bond donors (Lipinski definition) is 0. The fraction of sp³-hybridized carbons (Fsp3) is 0.419. The third-order valence-electron chi connectivity index (χ3n) is 7.49. The van der Waals surface area contributed by atoms with E-state index in [9.17, 15) is 22.0 Å². The quantitative estimate of drug-likeness (QED) is 0.257. The molecule has 3 aromatic rings. The fourth-order valence-corrected chi connectivity index (χ4v) is 5.21. The lowest BCUT2D eigenvalue weighted by Crippen LogP contribution is -2.15. The number of rotatable bonds is 9. The van der Waals surface area contributed by atoms with Crippen LogP contribution in [0.3, 0.4) is 0 Å². The Hall–Kier alpha value is -2.89. The molecule has 1 nitrogen and oxygen atoms in total. The summed E-state index contributed by atoms with van der Waals surface area (Å²) in [4.78, 5) is 0. The van der Waals surface area contributed by atoms with Gasteiger partial charge in [-0.15, -0.1) is 0 Å². The molecule has 1 saturated carbocycles. The predicted octanol–water partition coefficient (Wildman–Crippen LogP) is 10.4. The van der Waals surface area contributed by atoms with E-state index in [4.69, 9.17) is 4.74 Å². The lowest BCUT2D eigenvalue weighted by molar-refractivity contribution is -0.137. The van der Waals surface area contributed by atoms with Crippen LogP contribution in [-0.4, -0.2) is 0 Å². The predicted molar refractivity (Wildman–Crippen MR) is 137 cm³/mol. The molecule has 37 heavy (non-hydrogen) atoms. The molecule has 4 rings (SSSR count). The average molecular weight is 517 g/mol. The Morgan fingerprint density at radius 1 is 0.784 bits per heavy atom. The first-order valence-electron chi connectivity index (χ1n) is 13.2. The molecule has 0 unspecified atom stereocenters. The first-order chi connectivity index (χ1) is 17.7. The van der Waals surface area contributed by atoms with Gasteiger partial charge in [0.15, 0.2) is 11.6 Å². The molecule has 1 fully saturated rings. The van der Waals surface area contributed by atoms with E-state index in [1.165, 1.54) is 56.6 Å². The van der Waals surface area contributed by atoms with Crippen LogP contribution in [0.2, 0.25) is 0 Å². The molecule has 0 radical (unpaired) electrons. The summed E-state index contributed by atoms with van der Waals surface area (Å²) in [5, 5.41) is 0. The van der Waals surface area contributed by atoms with Gasteiger partial charge in [0.1, 0.15) is 5.75 Å². The molecule has 198 valence electrons. The molecule has 1 aliphatic carbocycles. The van der Waals surface area contributed by atoms with Crippen molar-refractivity contribution in [3.63, 3.8) is 0 Å². The highest BCUT2D eigenvalue weighted by molar-refractivity contribution is 5.71. The number of alkyl halides is 3. The summed E-state index contributed by atoms with van der Waals surface area (Å²) < 4.78 is 72.8. The zero-order valence-electron chi connectivity index (χ0n) is 21.1. The van der Waals surface area contributed by atoms with Gasteiger partial charge in [-0.05, 0) is 72.2 Å². The summed E-state index contributed by atoms with van der Waals surface area (Å²) in [6, 6.07) is 14.0. The fourth-order valence-electron chi connectivity index (χ4n) is 5.21. The maximum absolute atomic E-state index is 14.7. The van der Waals surface area contributed by atoms with Crippen molar-refractivity contribution in [2.24, 2.45) is 11.8 Å². The van der Waals surface area contributed by atoms with Crippen LogP contribution >= 0.6 is 0 Å². The highest BCUT2D eigenvalue weighted by Crippen LogP contribution is 2.39. The van der Waals surface area contributed by atoms with Gasteiger partial charge in [-0.1, -0.05) is 76.1 Å². The Kier molecular flexibility index (Phi) is 8.88. The first-order valence-corrected chi connectivity index (χ1v) is 13.2. The molecule has 0 heterocycles. The van der Waals surface area contributed by atoms with E-state index in [-0.39, 0.29) is 11.5 Å². The first kappa shape index (κ1) is 27.2. The monoisotopic (exact) mass is 516 g/mol. The highest BCUT2D eigenvalue weighted by atomic mass is 19.4. The zero-order valence-corrected chi connectivity index (χ0v) is 21.1. The normalized spacial score (nSPS) is 18.1. The summed E-state index contributed by atoms with van der Waals surface area (Å²) in [7, 11) is 0. The van der Waals surface area contributed by atoms with Crippen molar-refractivity contribution in [1.29, 1.82) is 0 Å². The van der Waals surface area contributed by atoms with Crippen LogP contribution in [0.1, 0.15) is 69.4 Å². The molecule has 0 amide bonds. The minimum absolute atomic E-state index is 0.0141. The van der Waals surface area contributed by atoms with Gasteiger partial charge in [0, 0.05) is 5.56 Å². The smallest absolute Gasteiger partial charge is 0.416 e. The third-order valence-corrected chi connectivity index (χ3v) is 7.49. The molecule has 0 bridgehead atoms. The van der Waals surface area contributed by atoms with E-state index in [0.717, 1.165) is 55.0 Å². The Balaban J connectivity index is 1.42. The Morgan fingerprint density at radius 2 is 1.41 bits per heavy atom. The second-order valence-corrected chi connectivity index (χ2v) is 10.1. The molecule has 0 aromatic heterocycles. The Labute approximate surface area is 215 Å². The topological polar surface area (TPSA) is 9.23 Å². The van der Waals surface area contributed by atoms with E-state index in [0.29, 0.717) is 11.1 Å². The van der Waals surface area contributed by atoms with Crippen molar-refractivity contribution in [3.05, 3.63) is 83.4 Å². The second kappa shape index (κ2) is 12.1. The highest BCUT2D eigenvalue weighted by Gasteiger charge is 2.30. The van der Waals surface area contributed by atoms with Crippen molar-refractivity contribution in [2.75, 3.05) is 0 Å². The summed E-state index contributed by atoms with van der Waals surface area (Å²) in [5.41, 5.74) is 1.31. The molecule has 0 atom stereocenters. The maximum Gasteiger partial charge on any atom is 0.416 e. The van der Waals surface area contributed by atoms with Crippen molar-refractivity contribution in [2.45, 2.75) is 70.9 Å².